The highest BCUT2D eigenvalue weighted by molar-refractivity contribution is 8.13. The van der Waals surface area contributed by atoms with Crippen molar-refractivity contribution >= 4 is 25.6 Å². The Morgan fingerprint density at radius 2 is 2.18 bits per heavy atom. The molecule has 1 amide bonds. The molecular formula is C10H13ClN2O3S. The minimum atomic E-state index is -3.79. The van der Waals surface area contributed by atoms with Gasteiger partial charge in [0, 0.05) is 30.0 Å². The summed E-state index contributed by atoms with van der Waals surface area (Å²) >= 11 is 0. The van der Waals surface area contributed by atoms with Gasteiger partial charge in [-0.3, -0.25) is 4.79 Å². The summed E-state index contributed by atoms with van der Waals surface area (Å²) in [6.45, 7) is 2.05. The first-order valence-electron chi connectivity index (χ1n) is 5.21. The van der Waals surface area contributed by atoms with Gasteiger partial charge in [-0.15, -0.1) is 0 Å². The Balaban J connectivity index is 2.21. The number of rotatable bonds is 3. The third kappa shape index (κ3) is 2.63. The minimum absolute atomic E-state index is 0.0596. The standard InChI is InChI=1S/C10H13ClN2O3S/c1-6-3-8(6)12-10(14)9-4-7(5-13(9)2)17(11,15)16/h4-6,8H,3H2,1-2H3,(H,12,14). The second-order valence-corrected chi connectivity index (χ2v) is 6.97. The third-order valence-corrected chi connectivity index (χ3v) is 4.24. The van der Waals surface area contributed by atoms with Gasteiger partial charge < -0.3 is 9.88 Å². The van der Waals surface area contributed by atoms with E-state index in [0.717, 1.165) is 6.42 Å². The molecule has 94 valence electrons. The number of carbonyl (C=O) groups is 1. The van der Waals surface area contributed by atoms with E-state index in [4.69, 9.17) is 10.7 Å². The van der Waals surface area contributed by atoms with E-state index in [1.807, 2.05) is 6.92 Å². The quantitative estimate of drug-likeness (QED) is 0.841. The molecule has 1 aliphatic rings. The average Bonchev–Trinajstić information content (AvgIpc) is 2.73. The van der Waals surface area contributed by atoms with Crippen LogP contribution in [0.15, 0.2) is 17.2 Å². The van der Waals surface area contributed by atoms with E-state index in [9.17, 15) is 13.2 Å². The highest BCUT2D eigenvalue weighted by Gasteiger charge is 2.34. The summed E-state index contributed by atoms with van der Waals surface area (Å²) in [4.78, 5) is 11.8. The fourth-order valence-corrected chi connectivity index (χ4v) is 2.45. The Kier molecular flexibility index (Phi) is 2.95. The molecule has 1 heterocycles. The van der Waals surface area contributed by atoms with Crippen LogP contribution in [0.1, 0.15) is 23.8 Å². The number of nitrogens with one attached hydrogen (secondary N) is 1. The predicted molar refractivity (Wildman–Crippen MR) is 63.5 cm³/mol. The van der Waals surface area contributed by atoms with Crippen LogP contribution >= 0.6 is 10.7 Å². The lowest BCUT2D eigenvalue weighted by atomic mass is 10.4. The monoisotopic (exact) mass is 276 g/mol. The van der Waals surface area contributed by atoms with Crippen LogP contribution in [-0.2, 0) is 16.1 Å². The Bertz CT molecular complexity index is 564. The van der Waals surface area contributed by atoms with Gasteiger partial charge in [-0.2, -0.15) is 0 Å². The van der Waals surface area contributed by atoms with Gasteiger partial charge in [0.1, 0.15) is 10.6 Å². The summed E-state index contributed by atoms with van der Waals surface area (Å²) in [6, 6.07) is 1.48. The van der Waals surface area contributed by atoms with Crippen molar-refractivity contribution in [2.75, 3.05) is 0 Å². The SMILES string of the molecule is CC1CC1NC(=O)c1cc(S(=O)(=O)Cl)cn1C. The molecule has 0 aromatic carbocycles. The van der Waals surface area contributed by atoms with E-state index >= 15 is 0 Å². The van der Waals surface area contributed by atoms with Crippen molar-refractivity contribution in [3.05, 3.63) is 18.0 Å². The summed E-state index contributed by atoms with van der Waals surface area (Å²) in [5.74, 6) is 0.226. The summed E-state index contributed by atoms with van der Waals surface area (Å²) in [7, 11) is 3.03. The molecule has 1 aliphatic carbocycles. The van der Waals surface area contributed by atoms with Gasteiger partial charge in [-0.1, -0.05) is 6.92 Å². The van der Waals surface area contributed by atoms with Crippen molar-refractivity contribution in [3.8, 4) is 0 Å². The topological polar surface area (TPSA) is 68.2 Å². The van der Waals surface area contributed by atoms with Crippen LogP contribution in [0.3, 0.4) is 0 Å². The number of halogens is 1. The lowest BCUT2D eigenvalue weighted by molar-refractivity contribution is 0.0941. The highest BCUT2D eigenvalue weighted by atomic mass is 35.7. The zero-order valence-corrected chi connectivity index (χ0v) is 11.0. The molecule has 2 unspecified atom stereocenters. The minimum Gasteiger partial charge on any atom is -0.348 e. The smallest absolute Gasteiger partial charge is 0.268 e. The molecule has 1 aromatic rings. The van der Waals surface area contributed by atoms with Crippen molar-refractivity contribution in [1.82, 2.24) is 9.88 Å². The van der Waals surface area contributed by atoms with Gasteiger partial charge in [0.25, 0.3) is 15.0 Å². The van der Waals surface area contributed by atoms with Crippen LogP contribution in [0.4, 0.5) is 0 Å². The number of aryl methyl sites for hydroxylation is 1. The Labute approximate surface area is 104 Å². The number of carbonyl (C=O) groups excluding carboxylic acids is 1. The molecule has 7 heteroatoms. The van der Waals surface area contributed by atoms with E-state index < -0.39 is 9.05 Å². The van der Waals surface area contributed by atoms with Crippen LogP contribution in [-0.4, -0.2) is 24.9 Å². The van der Waals surface area contributed by atoms with E-state index in [1.54, 1.807) is 7.05 Å². The first-order chi connectivity index (χ1) is 7.79. The van der Waals surface area contributed by atoms with Crippen LogP contribution < -0.4 is 5.32 Å². The molecule has 0 bridgehead atoms. The van der Waals surface area contributed by atoms with Gasteiger partial charge in [-0.25, -0.2) is 8.42 Å². The summed E-state index contributed by atoms with van der Waals surface area (Å²) in [5, 5.41) is 2.83. The molecule has 0 spiro atoms. The van der Waals surface area contributed by atoms with Crippen LogP contribution in [0.2, 0.25) is 0 Å². The highest BCUT2D eigenvalue weighted by Crippen LogP contribution is 2.29. The molecule has 0 saturated heterocycles. The molecule has 5 nitrogen and oxygen atoms in total. The maximum atomic E-state index is 11.8. The van der Waals surface area contributed by atoms with Crippen molar-refractivity contribution in [2.24, 2.45) is 13.0 Å². The molecular weight excluding hydrogens is 264 g/mol. The molecule has 1 N–H and O–H groups in total. The molecule has 17 heavy (non-hydrogen) atoms. The lowest BCUT2D eigenvalue weighted by Gasteiger charge is -2.04. The van der Waals surface area contributed by atoms with Gasteiger partial charge in [0.2, 0.25) is 0 Å². The number of amides is 1. The Hall–Kier alpha value is -1.01. The van der Waals surface area contributed by atoms with Gasteiger partial charge in [0.15, 0.2) is 0 Å². The normalized spacial score (nSPS) is 23.5. The van der Waals surface area contributed by atoms with E-state index in [-0.39, 0.29) is 16.8 Å². The zero-order chi connectivity index (χ0) is 12.8. The Morgan fingerprint density at radius 1 is 1.59 bits per heavy atom. The second-order valence-electron chi connectivity index (χ2n) is 4.40. The summed E-state index contributed by atoms with van der Waals surface area (Å²) in [6.07, 6.45) is 2.30. The van der Waals surface area contributed by atoms with E-state index in [2.05, 4.69) is 5.32 Å². The number of aromatic nitrogens is 1. The number of nitrogens with zero attached hydrogens (tertiary/aromatic N) is 1. The predicted octanol–water partition coefficient (Wildman–Crippen LogP) is 1.09. The molecule has 0 aliphatic heterocycles. The second kappa shape index (κ2) is 4.03. The largest absolute Gasteiger partial charge is 0.348 e. The zero-order valence-electron chi connectivity index (χ0n) is 9.47. The van der Waals surface area contributed by atoms with Crippen LogP contribution in [0.25, 0.3) is 0 Å². The lowest BCUT2D eigenvalue weighted by Crippen LogP contribution is -2.28. The molecule has 1 aromatic heterocycles. The van der Waals surface area contributed by atoms with Crippen LogP contribution in [0.5, 0.6) is 0 Å². The molecule has 1 fully saturated rings. The fourth-order valence-electron chi connectivity index (χ4n) is 1.66. The maximum Gasteiger partial charge on any atom is 0.268 e. The first-order valence-corrected chi connectivity index (χ1v) is 7.52. The maximum absolute atomic E-state index is 11.8. The van der Waals surface area contributed by atoms with E-state index in [0.29, 0.717) is 11.6 Å². The van der Waals surface area contributed by atoms with Crippen LogP contribution in [0, 0.1) is 5.92 Å². The summed E-state index contributed by atoms with van der Waals surface area (Å²) < 4.78 is 23.7. The van der Waals surface area contributed by atoms with Crippen molar-refractivity contribution in [3.63, 3.8) is 0 Å². The van der Waals surface area contributed by atoms with Gasteiger partial charge >= 0.3 is 0 Å². The fraction of sp³-hybridized carbons (Fsp3) is 0.500. The molecule has 1 saturated carbocycles. The summed E-state index contributed by atoms with van der Waals surface area (Å²) in [5.41, 5.74) is 0.295. The Morgan fingerprint density at radius 3 is 2.59 bits per heavy atom. The number of hydrogen-bond acceptors (Lipinski definition) is 3. The van der Waals surface area contributed by atoms with Crippen molar-refractivity contribution in [1.29, 1.82) is 0 Å². The van der Waals surface area contributed by atoms with Gasteiger partial charge in [0.05, 0.1) is 0 Å². The molecule has 2 rings (SSSR count). The van der Waals surface area contributed by atoms with Crippen molar-refractivity contribution in [2.45, 2.75) is 24.3 Å². The average molecular weight is 277 g/mol. The number of hydrogen-bond donors (Lipinski definition) is 1. The van der Waals surface area contributed by atoms with E-state index in [1.165, 1.54) is 16.8 Å². The molecule has 0 radical (unpaired) electrons. The van der Waals surface area contributed by atoms with Gasteiger partial charge in [-0.05, 0) is 18.4 Å². The molecule has 2 atom stereocenters. The van der Waals surface area contributed by atoms with Crippen molar-refractivity contribution < 1.29 is 13.2 Å². The first kappa shape index (κ1) is 12.4. The third-order valence-electron chi connectivity index (χ3n) is 2.92.